The second-order valence-electron chi connectivity index (χ2n) is 6.90. The van der Waals surface area contributed by atoms with E-state index in [4.69, 9.17) is 14.2 Å². The van der Waals surface area contributed by atoms with E-state index < -0.39 is 36.2 Å². The number of rotatable bonds is 8. The van der Waals surface area contributed by atoms with Crippen molar-refractivity contribution in [3.8, 4) is 0 Å². The largest absolute Gasteiger partial charge is 0.452 e. The van der Waals surface area contributed by atoms with Crippen LogP contribution in [0.3, 0.4) is 0 Å². The molecule has 1 unspecified atom stereocenters. The predicted octanol–water partition coefficient (Wildman–Crippen LogP) is 2.44. The van der Waals surface area contributed by atoms with Gasteiger partial charge < -0.3 is 24.4 Å². The Kier molecular flexibility index (Phi) is 7.34. The summed E-state index contributed by atoms with van der Waals surface area (Å²) in [4.78, 5) is 12.5. The molecule has 144 valence electrons. The van der Waals surface area contributed by atoms with Crippen LogP contribution in [0.1, 0.15) is 44.0 Å². The molecule has 0 aliphatic carbocycles. The molecule has 0 aromatic heterocycles. The molecule has 1 aromatic rings. The van der Waals surface area contributed by atoms with E-state index in [1.807, 2.05) is 6.07 Å². The first-order valence-electron chi connectivity index (χ1n) is 8.89. The zero-order valence-electron chi connectivity index (χ0n) is 15.5. The van der Waals surface area contributed by atoms with Crippen LogP contribution >= 0.6 is 0 Å². The van der Waals surface area contributed by atoms with E-state index in [2.05, 4.69) is 0 Å². The molecule has 6 heteroatoms. The number of esters is 1. The molecule has 0 amide bonds. The van der Waals surface area contributed by atoms with Gasteiger partial charge in [-0.2, -0.15) is 0 Å². The molecule has 1 saturated heterocycles. The summed E-state index contributed by atoms with van der Waals surface area (Å²) in [6, 6.07) is 8.72. The summed E-state index contributed by atoms with van der Waals surface area (Å²) >= 11 is 0. The standard InChI is InChI=1S/C20H28O6/c1-14(22)8-7-11-16(24-19(23)15-9-5-4-6-10-15)18-17(12-13-21)25-20(2,3)26-18/h4-7,9-11,14,16-18,21-22H,8,12-13H2,1-3H3/b11-7-/t14-,16?,17-,18+/m0/s1. The number of aliphatic hydroxyl groups excluding tert-OH is 2. The van der Waals surface area contributed by atoms with Crippen LogP contribution in [-0.4, -0.2) is 53.0 Å². The minimum Gasteiger partial charge on any atom is -0.452 e. The number of carbonyl (C=O) groups excluding carboxylic acids is 1. The predicted molar refractivity (Wildman–Crippen MR) is 96.6 cm³/mol. The Balaban J connectivity index is 2.19. The molecule has 0 radical (unpaired) electrons. The molecule has 2 N–H and O–H groups in total. The molecule has 1 fully saturated rings. The maximum absolute atomic E-state index is 12.5. The molecule has 0 spiro atoms. The van der Waals surface area contributed by atoms with E-state index >= 15 is 0 Å². The van der Waals surface area contributed by atoms with Crippen molar-refractivity contribution in [2.24, 2.45) is 0 Å². The Morgan fingerprint density at radius 3 is 2.62 bits per heavy atom. The third-order valence-electron chi connectivity index (χ3n) is 4.01. The van der Waals surface area contributed by atoms with Gasteiger partial charge >= 0.3 is 5.97 Å². The summed E-state index contributed by atoms with van der Waals surface area (Å²) in [6.45, 7) is 5.19. The number of carbonyl (C=O) groups is 1. The lowest BCUT2D eigenvalue weighted by atomic mass is 10.0. The SMILES string of the molecule is C[C@H](O)C/C=C\C(OC(=O)c1ccccc1)[C@H]1OC(C)(C)O[C@H]1CCO. The minimum absolute atomic E-state index is 0.0582. The van der Waals surface area contributed by atoms with Crippen LogP contribution in [-0.2, 0) is 14.2 Å². The fourth-order valence-corrected chi connectivity index (χ4v) is 2.88. The van der Waals surface area contributed by atoms with Crippen LogP contribution in [0.2, 0.25) is 0 Å². The van der Waals surface area contributed by atoms with Crippen molar-refractivity contribution in [1.29, 1.82) is 0 Å². The zero-order valence-corrected chi connectivity index (χ0v) is 15.5. The molecule has 0 bridgehead atoms. The van der Waals surface area contributed by atoms with Crippen molar-refractivity contribution in [2.75, 3.05) is 6.61 Å². The smallest absolute Gasteiger partial charge is 0.338 e. The van der Waals surface area contributed by atoms with Gasteiger partial charge in [0.05, 0.1) is 17.8 Å². The normalized spacial score (nSPS) is 24.5. The second-order valence-corrected chi connectivity index (χ2v) is 6.90. The zero-order chi connectivity index (χ0) is 19.2. The van der Waals surface area contributed by atoms with Crippen LogP contribution in [0.5, 0.6) is 0 Å². The van der Waals surface area contributed by atoms with E-state index in [1.165, 1.54) is 0 Å². The molecular weight excluding hydrogens is 336 g/mol. The van der Waals surface area contributed by atoms with Gasteiger partial charge in [0.2, 0.25) is 0 Å². The summed E-state index contributed by atoms with van der Waals surface area (Å²) in [5.41, 5.74) is 0.443. The average molecular weight is 364 g/mol. The maximum Gasteiger partial charge on any atom is 0.338 e. The van der Waals surface area contributed by atoms with Gasteiger partial charge in [-0.25, -0.2) is 4.79 Å². The topological polar surface area (TPSA) is 85.2 Å². The van der Waals surface area contributed by atoms with Gasteiger partial charge in [0.25, 0.3) is 0 Å². The number of ether oxygens (including phenoxy) is 3. The van der Waals surface area contributed by atoms with Gasteiger partial charge in [-0.15, -0.1) is 0 Å². The van der Waals surface area contributed by atoms with Crippen molar-refractivity contribution in [1.82, 2.24) is 0 Å². The van der Waals surface area contributed by atoms with Crippen molar-refractivity contribution in [3.63, 3.8) is 0 Å². The van der Waals surface area contributed by atoms with Gasteiger partial charge in [0, 0.05) is 6.61 Å². The van der Waals surface area contributed by atoms with E-state index in [0.717, 1.165) is 0 Å². The molecule has 1 heterocycles. The lowest BCUT2D eigenvalue weighted by molar-refractivity contribution is -0.153. The lowest BCUT2D eigenvalue weighted by Gasteiger charge is -2.24. The molecule has 1 aliphatic rings. The molecular formula is C20H28O6. The Labute approximate surface area is 154 Å². The molecule has 6 nitrogen and oxygen atoms in total. The van der Waals surface area contributed by atoms with Gasteiger partial charge in [-0.05, 0) is 51.8 Å². The van der Waals surface area contributed by atoms with Crippen molar-refractivity contribution >= 4 is 5.97 Å². The van der Waals surface area contributed by atoms with Crippen LogP contribution in [0, 0.1) is 0 Å². The van der Waals surface area contributed by atoms with Crippen LogP contribution in [0.25, 0.3) is 0 Å². The summed E-state index contributed by atoms with van der Waals surface area (Å²) in [5.74, 6) is -1.30. The van der Waals surface area contributed by atoms with Crippen LogP contribution in [0.15, 0.2) is 42.5 Å². The van der Waals surface area contributed by atoms with Gasteiger partial charge in [-0.3, -0.25) is 0 Å². The van der Waals surface area contributed by atoms with E-state index in [1.54, 1.807) is 57.2 Å². The lowest BCUT2D eigenvalue weighted by Crippen LogP contribution is -2.38. The molecule has 1 aliphatic heterocycles. The highest BCUT2D eigenvalue weighted by Gasteiger charge is 2.45. The first kappa shape index (κ1) is 20.6. The molecule has 4 atom stereocenters. The molecule has 2 rings (SSSR count). The second kappa shape index (κ2) is 9.28. The number of aliphatic hydroxyl groups is 2. The van der Waals surface area contributed by atoms with E-state index in [-0.39, 0.29) is 6.61 Å². The van der Waals surface area contributed by atoms with Crippen molar-refractivity contribution < 1.29 is 29.2 Å². The third-order valence-corrected chi connectivity index (χ3v) is 4.01. The fourth-order valence-electron chi connectivity index (χ4n) is 2.88. The molecule has 0 saturated carbocycles. The highest BCUT2D eigenvalue weighted by Crippen LogP contribution is 2.33. The van der Waals surface area contributed by atoms with E-state index in [0.29, 0.717) is 18.4 Å². The van der Waals surface area contributed by atoms with Crippen LogP contribution in [0.4, 0.5) is 0 Å². The summed E-state index contributed by atoms with van der Waals surface area (Å²) in [7, 11) is 0. The number of hydrogen-bond acceptors (Lipinski definition) is 6. The van der Waals surface area contributed by atoms with Gasteiger partial charge in [0.1, 0.15) is 12.2 Å². The number of hydrogen-bond donors (Lipinski definition) is 2. The third kappa shape index (κ3) is 5.92. The summed E-state index contributed by atoms with van der Waals surface area (Å²) < 4.78 is 17.5. The first-order valence-corrected chi connectivity index (χ1v) is 8.89. The maximum atomic E-state index is 12.5. The van der Waals surface area contributed by atoms with Crippen molar-refractivity contribution in [2.45, 2.75) is 63.8 Å². The fraction of sp³-hybridized carbons (Fsp3) is 0.550. The van der Waals surface area contributed by atoms with Crippen LogP contribution < -0.4 is 0 Å². The molecule has 1 aromatic carbocycles. The Hall–Kier alpha value is -1.73. The Morgan fingerprint density at radius 1 is 1.31 bits per heavy atom. The highest BCUT2D eigenvalue weighted by molar-refractivity contribution is 5.89. The highest BCUT2D eigenvalue weighted by atomic mass is 16.8. The van der Waals surface area contributed by atoms with Gasteiger partial charge in [0.15, 0.2) is 5.79 Å². The monoisotopic (exact) mass is 364 g/mol. The number of benzene rings is 1. The summed E-state index contributed by atoms with van der Waals surface area (Å²) in [5, 5.41) is 18.8. The Morgan fingerprint density at radius 2 is 2.00 bits per heavy atom. The van der Waals surface area contributed by atoms with Gasteiger partial charge in [-0.1, -0.05) is 24.3 Å². The quantitative estimate of drug-likeness (QED) is 0.544. The molecule has 26 heavy (non-hydrogen) atoms. The minimum atomic E-state index is -0.833. The summed E-state index contributed by atoms with van der Waals surface area (Å²) in [6.07, 6.45) is 2.14. The first-order chi connectivity index (χ1) is 12.3. The van der Waals surface area contributed by atoms with Crippen molar-refractivity contribution in [3.05, 3.63) is 48.0 Å². The van der Waals surface area contributed by atoms with E-state index in [9.17, 15) is 15.0 Å². The Bertz CT molecular complexity index is 596. The average Bonchev–Trinajstić information content (AvgIpc) is 2.89.